The van der Waals surface area contributed by atoms with Gasteiger partial charge in [-0.05, 0) is 39.0 Å². The van der Waals surface area contributed by atoms with E-state index in [4.69, 9.17) is 4.74 Å². The van der Waals surface area contributed by atoms with Gasteiger partial charge in [-0.25, -0.2) is 4.98 Å². The number of aromatic nitrogens is 1. The minimum atomic E-state index is 0.599. The van der Waals surface area contributed by atoms with Crippen molar-refractivity contribution >= 4 is 22.2 Å². The predicted molar refractivity (Wildman–Crippen MR) is 81.5 cm³/mol. The second-order valence-corrected chi connectivity index (χ2v) is 5.40. The molecule has 0 fully saturated rings. The van der Waals surface area contributed by atoms with Crippen molar-refractivity contribution in [1.82, 2.24) is 4.98 Å². The normalized spacial score (nSPS) is 10.1. The molecule has 1 heterocycles. The van der Waals surface area contributed by atoms with Crippen molar-refractivity contribution in [2.45, 2.75) is 20.8 Å². The van der Waals surface area contributed by atoms with Crippen molar-refractivity contribution in [2.75, 3.05) is 11.9 Å². The number of allylic oxidation sites excluding steroid dienone is 1. The fraction of sp³-hybridized carbons (Fsp3) is 0.267. The molecule has 0 aliphatic rings. The lowest BCUT2D eigenvalue weighted by molar-refractivity contribution is 0.362. The molecule has 0 unspecified atom stereocenters. The van der Waals surface area contributed by atoms with Crippen LogP contribution in [-0.4, -0.2) is 11.6 Å². The van der Waals surface area contributed by atoms with Crippen molar-refractivity contribution in [3.63, 3.8) is 0 Å². The molecule has 1 N–H and O–H groups in total. The zero-order valence-corrected chi connectivity index (χ0v) is 12.3. The zero-order valence-electron chi connectivity index (χ0n) is 11.4. The molecule has 0 aliphatic heterocycles. The van der Waals surface area contributed by atoms with Gasteiger partial charge in [0.1, 0.15) is 12.4 Å². The molecule has 2 aromatic rings. The fourth-order valence-corrected chi connectivity index (χ4v) is 2.21. The third-order valence-electron chi connectivity index (χ3n) is 2.45. The third kappa shape index (κ3) is 4.41. The lowest BCUT2D eigenvalue weighted by Crippen LogP contribution is -1.95. The van der Waals surface area contributed by atoms with Crippen molar-refractivity contribution in [3.05, 3.63) is 47.0 Å². The Morgan fingerprint density at radius 1 is 1.42 bits per heavy atom. The van der Waals surface area contributed by atoms with Crippen LogP contribution in [0.5, 0.6) is 5.75 Å². The van der Waals surface area contributed by atoms with E-state index in [9.17, 15) is 0 Å². The highest BCUT2D eigenvalue weighted by Gasteiger charge is 2.00. The van der Waals surface area contributed by atoms with Gasteiger partial charge in [0, 0.05) is 17.1 Å². The Morgan fingerprint density at radius 3 is 2.95 bits per heavy atom. The minimum absolute atomic E-state index is 0.599. The minimum Gasteiger partial charge on any atom is -0.489 e. The number of nitrogens with one attached hydrogen (secondary N) is 1. The predicted octanol–water partition coefficient (Wildman–Crippen LogP) is 4.54. The first kappa shape index (κ1) is 13.6. The first-order chi connectivity index (χ1) is 9.13. The molecule has 0 spiro atoms. The largest absolute Gasteiger partial charge is 0.489 e. The first-order valence-corrected chi connectivity index (χ1v) is 7.07. The van der Waals surface area contributed by atoms with E-state index in [-0.39, 0.29) is 0 Å². The van der Waals surface area contributed by atoms with Crippen LogP contribution < -0.4 is 10.1 Å². The van der Waals surface area contributed by atoms with Gasteiger partial charge < -0.3 is 10.1 Å². The maximum absolute atomic E-state index is 5.67. The van der Waals surface area contributed by atoms with Gasteiger partial charge in [-0.2, -0.15) is 0 Å². The van der Waals surface area contributed by atoms with Crippen LogP contribution in [0.3, 0.4) is 0 Å². The molecular weight excluding hydrogens is 256 g/mol. The van der Waals surface area contributed by atoms with E-state index in [1.54, 1.807) is 11.3 Å². The van der Waals surface area contributed by atoms with Gasteiger partial charge in [0.25, 0.3) is 0 Å². The molecule has 4 heteroatoms. The number of nitrogens with zero attached hydrogens (tertiary/aromatic N) is 1. The van der Waals surface area contributed by atoms with E-state index in [2.05, 4.69) is 30.2 Å². The molecule has 0 bridgehead atoms. The molecule has 0 saturated carbocycles. The van der Waals surface area contributed by atoms with Crippen LogP contribution in [0.15, 0.2) is 41.3 Å². The van der Waals surface area contributed by atoms with Crippen LogP contribution in [0.25, 0.3) is 0 Å². The summed E-state index contributed by atoms with van der Waals surface area (Å²) in [5.41, 5.74) is 3.28. The highest BCUT2D eigenvalue weighted by Crippen LogP contribution is 2.23. The summed E-state index contributed by atoms with van der Waals surface area (Å²) >= 11 is 1.60. The molecule has 0 saturated heterocycles. The Bertz CT molecular complexity index is 571. The fourth-order valence-electron chi connectivity index (χ4n) is 1.50. The Morgan fingerprint density at radius 2 is 2.26 bits per heavy atom. The Balaban J connectivity index is 2.00. The molecule has 1 aromatic carbocycles. The standard InChI is InChI=1S/C15H18N2OS/c1-11(2)7-8-18-14-6-4-5-13(9-14)17-15-16-12(3)10-19-15/h4-7,9-10H,8H2,1-3H3,(H,16,17). The van der Waals surface area contributed by atoms with Crippen LogP contribution in [0, 0.1) is 6.92 Å². The lowest BCUT2D eigenvalue weighted by atomic mass is 10.3. The summed E-state index contributed by atoms with van der Waals surface area (Å²) in [6, 6.07) is 7.91. The van der Waals surface area contributed by atoms with E-state index in [0.717, 1.165) is 22.3 Å². The number of rotatable bonds is 5. The van der Waals surface area contributed by atoms with Gasteiger partial charge >= 0.3 is 0 Å². The summed E-state index contributed by atoms with van der Waals surface area (Å²) in [4.78, 5) is 4.38. The van der Waals surface area contributed by atoms with E-state index in [1.807, 2.05) is 36.6 Å². The average Bonchev–Trinajstić information content (AvgIpc) is 2.75. The van der Waals surface area contributed by atoms with Crippen LogP contribution in [0.2, 0.25) is 0 Å². The quantitative estimate of drug-likeness (QED) is 0.813. The summed E-state index contributed by atoms with van der Waals surface area (Å²) in [5, 5.41) is 6.20. The van der Waals surface area contributed by atoms with Crippen molar-refractivity contribution < 1.29 is 4.74 Å². The summed E-state index contributed by atoms with van der Waals surface area (Å²) in [6.45, 7) is 6.71. The Kier molecular flexibility index (Phi) is 4.58. The topological polar surface area (TPSA) is 34.1 Å². The van der Waals surface area contributed by atoms with Gasteiger partial charge in [0.15, 0.2) is 5.13 Å². The molecule has 0 aliphatic carbocycles. The number of benzene rings is 1. The van der Waals surface area contributed by atoms with Crippen molar-refractivity contribution in [2.24, 2.45) is 0 Å². The second kappa shape index (κ2) is 6.38. The molecule has 19 heavy (non-hydrogen) atoms. The first-order valence-electron chi connectivity index (χ1n) is 6.19. The maximum atomic E-state index is 5.67. The van der Waals surface area contributed by atoms with Gasteiger partial charge in [-0.3, -0.25) is 0 Å². The molecule has 0 amide bonds. The van der Waals surface area contributed by atoms with Gasteiger partial charge in [-0.1, -0.05) is 11.6 Å². The average molecular weight is 274 g/mol. The smallest absolute Gasteiger partial charge is 0.187 e. The third-order valence-corrected chi connectivity index (χ3v) is 3.32. The molecule has 100 valence electrons. The highest BCUT2D eigenvalue weighted by molar-refractivity contribution is 7.13. The number of hydrogen-bond donors (Lipinski definition) is 1. The van der Waals surface area contributed by atoms with Crippen LogP contribution >= 0.6 is 11.3 Å². The Labute approximate surface area is 118 Å². The maximum Gasteiger partial charge on any atom is 0.187 e. The summed E-state index contributed by atoms with van der Waals surface area (Å²) in [5.74, 6) is 0.857. The van der Waals surface area contributed by atoms with Crippen molar-refractivity contribution in [3.8, 4) is 5.75 Å². The lowest BCUT2D eigenvalue weighted by Gasteiger charge is -2.07. The van der Waals surface area contributed by atoms with Crippen LogP contribution in [-0.2, 0) is 0 Å². The van der Waals surface area contributed by atoms with E-state index in [0.29, 0.717) is 6.61 Å². The molecule has 2 rings (SSSR count). The van der Waals surface area contributed by atoms with Crippen molar-refractivity contribution in [1.29, 1.82) is 0 Å². The summed E-state index contributed by atoms with van der Waals surface area (Å²) < 4.78 is 5.67. The number of ether oxygens (including phenoxy) is 1. The highest BCUT2D eigenvalue weighted by atomic mass is 32.1. The molecule has 0 radical (unpaired) electrons. The molecule has 1 aromatic heterocycles. The van der Waals surface area contributed by atoms with Gasteiger partial charge in [0.05, 0.1) is 5.69 Å². The zero-order chi connectivity index (χ0) is 13.7. The molecule has 3 nitrogen and oxygen atoms in total. The van der Waals surface area contributed by atoms with Gasteiger partial charge in [0.2, 0.25) is 0 Å². The van der Waals surface area contributed by atoms with E-state index < -0.39 is 0 Å². The number of aryl methyl sites for hydroxylation is 1. The summed E-state index contributed by atoms with van der Waals surface area (Å²) in [7, 11) is 0. The second-order valence-electron chi connectivity index (χ2n) is 4.54. The molecular formula is C15H18N2OS. The van der Waals surface area contributed by atoms with Gasteiger partial charge in [-0.15, -0.1) is 11.3 Å². The van der Waals surface area contributed by atoms with Crippen LogP contribution in [0.4, 0.5) is 10.8 Å². The van der Waals surface area contributed by atoms with E-state index >= 15 is 0 Å². The number of thiazole rings is 1. The number of anilines is 2. The van der Waals surface area contributed by atoms with E-state index in [1.165, 1.54) is 5.57 Å². The summed E-state index contributed by atoms with van der Waals surface area (Å²) in [6.07, 6.45) is 2.06. The molecule has 0 atom stereocenters. The SMILES string of the molecule is CC(C)=CCOc1cccc(Nc2nc(C)cs2)c1. The Hall–Kier alpha value is -1.81. The monoisotopic (exact) mass is 274 g/mol. The number of hydrogen-bond acceptors (Lipinski definition) is 4. The van der Waals surface area contributed by atoms with Crippen LogP contribution in [0.1, 0.15) is 19.5 Å².